The molecule has 1 atom stereocenters. The Balaban J connectivity index is 4.14. The molecule has 6 heteroatoms. The lowest BCUT2D eigenvalue weighted by atomic mass is 10.0. The minimum atomic E-state index is -0.775. The van der Waals surface area contributed by atoms with Gasteiger partial charge in [-0.3, -0.25) is 14.4 Å². The van der Waals surface area contributed by atoms with Gasteiger partial charge in [0.2, 0.25) is 0 Å². The van der Waals surface area contributed by atoms with Crippen LogP contribution in [-0.2, 0) is 28.6 Å². The Morgan fingerprint density at radius 3 is 0.968 bits per heavy atom. The van der Waals surface area contributed by atoms with Gasteiger partial charge >= 0.3 is 17.9 Å². The number of carbonyl (C=O) groups is 3. The number of esters is 3. The van der Waals surface area contributed by atoms with Crippen molar-refractivity contribution in [3.63, 3.8) is 0 Å². The first-order valence-electron chi connectivity index (χ1n) is 27.5. The second-order valence-electron chi connectivity index (χ2n) is 18.5. The van der Waals surface area contributed by atoms with E-state index in [2.05, 4.69) is 57.2 Å². The summed E-state index contributed by atoms with van der Waals surface area (Å²) in [6.45, 7) is 6.50. The van der Waals surface area contributed by atoms with Gasteiger partial charge in [0.05, 0.1) is 0 Å². The fraction of sp³-hybridized carbons (Fsp3) is 0.842. The Morgan fingerprint density at radius 1 is 0.333 bits per heavy atom. The van der Waals surface area contributed by atoms with Crippen molar-refractivity contribution in [3.8, 4) is 0 Å². The number of unbranched alkanes of at least 4 members (excludes halogenated alkanes) is 33. The van der Waals surface area contributed by atoms with Gasteiger partial charge in [-0.2, -0.15) is 0 Å². The molecular weight excluding hydrogens is 781 g/mol. The van der Waals surface area contributed by atoms with Crippen LogP contribution in [0.1, 0.15) is 290 Å². The topological polar surface area (TPSA) is 78.9 Å². The van der Waals surface area contributed by atoms with Crippen molar-refractivity contribution in [1.82, 2.24) is 0 Å². The first-order valence-corrected chi connectivity index (χ1v) is 27.5. The quantitative estimate of drug-likeness (QED) is 0.0262. The Morgan fingerprint density at radius 2 is 0.619 bits per heavy atom. The molecule has 0 N–H and O–H groups in total. The minimum Gasteiger partial charge on any atom is -0.462 e. The molecule has 0 fully saturated rings. The average molecular weight is 885 g/mol. The van der Waals surface area contributed by atoms with Crippen LogP contribution in [0.4, 0.5) is 0 Å². The summed E-state index contributed by atoms with van der Waals surface area (Å²) in [6.07, 6.45) is 61.6. The van der Waals surface area contributed by atoms with E-state index >= 15 is 0 Å². The lowest BCUT2D eigenvalue weighted by molar-refractivity contribution is -0.167. The van der Waals surface area contributed by atoms with E-state index in [4.69, 9.17) is 14.2 Å². The fourth-order valence-corrected chi connectivity index (χ4v) is 8.05. The normalized spacial score (nSPS) is 12.2. The molecular formula is C57H104O6. The highest BCUT2D eigenvalue weighted by Gasteiger charge is 2.19. The third-order valence-electron chi connectivity index (χ3n) is 12.2. The molecule has 0 aromatic rings. The molecule has 0 saturated carbocycles. The SMILES string of the molecule is CC/C=C\C/C=C\C/C=C\CCCCCCCC(=O)OC(COC(=O)CCCCCCCCC)COC(=O)CCCCCCCCCCCCCCCCCCCCCCCCC. The van der Waals surface area contributed by atoms with Crippen LogP contribution in [0.3, 0.4) is 0 Å². The Labute approximate surface area is 391 Å². The molecule has 0 aliphatic carbocycles. The maximum atomic E-state index is 12.8. The van der Waals surface area contributed by atoms with Gasteiger partial charge < -0.3 is 14.2 Å². The van der Waals surface area contributed by atoms with Crippen molar-refractivity contribution in [2.75, 3.05) is 13.2 Å². The molecule has 0 radical (unpaired) electrons. The molecule has 0 aliphatic heterocycles. The summed E-state index contributed by atoms with van der Waals surface area (Å²) < 4.78 is 16.7. The molecule has 0 aromatic heterocycles. The molecule has 0 bridgehead atoms. The molecule has 0 heterocycles. The van der Waals surface area contributed by atoms with Gasteiger partial charge in [0.1, 0.15) is 13.2 Å². The summed E-state index contributed by atoms with van der Waals surface area (Å²) in [5, 5.41) is 0. The Hall–Kier alpha value is -2.37. The first kappa shape index (κ1) is 60.6. The number of hydrogen-bond donors (Lipinski definition) is 0. The number of carbonyl (C=O) groups excluding carboxylic acids is 3. The van der Waals surface area contributed by atoms with Gasteiger partial charge in [-0.25, -0.2) is 0 Å². The van der Waals surface area contributed by atoms with E-state index in [1.165, 1.54) is 154 Å². The Bertz CT molecular complexity index is 1060. The van der Waals surface area contributed by atoms with Crippen molar-refractivity contribution >= 4 is 17.9 Å². The summed E-state index contributed by atoms with van der Waals surface area (Å²) >= 11 is 0. The summed E-state index contributed by atoms with van der Waals surface area (Å²) in [7, 11) is 0. The van der Waals surface area contributed by atoms with E-state index in [0.717, 1.165) is 96.3 Å². The zero-order valence-corrected chi connectivity index (χ0v) is 42.1. The van der Waals surface area contributed by atoms with Crippen LogP contribution >= 0.6 is 0 Å². The Kier molecular flexibility index (Phi) is 50.3. The van der Waals surface area contributed by atoms with Crippen LogP contribution in [0.2, 0.25) is 0 Å². The molecule has 0 rings (SSSR count). The van der Waals surface area contributed by atoms with Crippen LogP contribution in [-0.4, -0.2) is 37.2 Å². The molecule has 368 valence electrons. The summed E-state index contributed by atoms with van der Waals surface area (Å²) in [5.41, 5.74) is 0. The molecule has 0 spiro atoms. The highest BCUT2D eigenvalue weighted by molar-refractivity contribution is 5.71. The summed E-state index contributed by atoms with van der Waals surface area (Å²) in [5.74, 6) is -0.887. The number of hydrogen-bond acceptors (Lipinski definition) is 6. The zero-order valence-electron chi connectivity index (χ0n) is 42.1. The molecule has 0 aliphatic rings. The van der Waals surface area contributed by atoms with Crippen molar-refractivity contribution in [1.29, 1.82) is 0 Å². The smallest absolute Gasteiger partial charge is 0.306 e. The lowest BCUT2D eigenvalue weighted by Gasteiger charge is -2.18. The summed E-state index contributed by atoms with van der Waals surface area (Å²) in [4.78, 5) is 37.8. The molecule has 0 saturated heterocycles. The average Bonchev–Trinajstić information content (AvgIpc) is 3.28. The van der Waals surface area contributed by atoms with E-state index in [1.807, 2.05) is 0 Å². The van der Waals surface area contributed by atoms with E-state index in [0.29, 0.717) is 19.3 Å². The standard InChI is InChI=1S/C57H104O6/c1-4-7-10-13-16-18-20-22-24-25-26-27-28-29-30-31-33-34-36-38-41-44-47-50-56(59)62-53-54(52-61-55(58)49-46-43-40-15-12-9-6-3)63-57(60)51-48-45-42-39-37-35-32-23-21-19-17-14-11-8-5-2/h8,11,17,19,23,32,54H,4-7,9-10,12-16,18,20-22,24-31,33-53H2,1-3H3/b11-8-,19-17-,32-23-. The predicted molar refractivity (Wildman–Crippen MR) is 270 cm³/mol. The molecule has 1 unspecified atom stereocenters. The monoisotopic (exact) mass is 885 g/mol. The third kappa shape index (κ3) is 50.5. The number of allylic oxidation sites excluding steroid dienone is 6. The molecule has 0 amide bonds. The van der Waals surface area contributed by atoms with Crippen molar-refractivity contribution in [2.24, 2.45) is 0 Å². The lowest BCUT2D eigenvalue weighted by Crippen LogP contribution is -2.30. The van der Waals surface area contributed by atoms with Crippen LogP contribution < -0.4 is 0 Å². The van der Waals surface area contributed by atoms with Gasteiger partial charge in [-0.1, -0.05) is 256 Å². The van der Waals surface area contributed by atoms with Crippen molar-refractivity contribution in [2.45, 2.75) is 297 Å². The van der Waals surface area contributed by atoms with Crippen molar-refractivity contribution in [3.05, 3.63) is 36.5 Å². The zero-order chi connectivity index (χ0) is 45.8. The van der Waals surface area contributed by atoms with Crippen LogP contribution in [0.15, 0.2) is 36.5 Å². The number of rotatable bonds is 50. The van der Waals surface area contributed by atoms with Gasteiger partial charge in [0.25, 0.3) is 0 Å². The van der Waals surface area contributed by atoms with Gasteiger partial charge in [0.15, 0.2) is 6.10 Å². The van der Waals surface area contributed by atoms with Gasteiger partial charge in [-0.15, -0.1) is 0 Å². The van der Waals surface area contributed by atoms with Gasteiger partial charge in [0, 0.05) is 19.3 Å². The maximum Gasteiger partial charge on any atom is 0.306 e. The minimum absolute atomic E-state index is 0.0755. The maximum absolute atomic E-state index is 12.8. The number of ether oxygens (including phenoxy) is 3. The second kappa shape index (κ2) is 52.3. The second-order valence-corrected chi connectivity index (χ2v) is 18.5. The highest BCUT2D eigenvalue weighted by Crippen LogP contribution is 2.17. The van der Waals surface area contributed by atoms with Gasteiger partial charge in [-0.05, 0) is 51.4 Å². The fourth-order valence-electron chi connectivity index (χ4n) is 8.05. The first-order chi connectivity index (χ1) is 31.0. The van der Waals surface area contributed by atoms with Crippen LogP contribution in [0.5, 0.6) is 0 Å². The molecule has 0 aromatic carbocycles. The summed E-state index contributed by atoms with van der Waals surface area (Å²) in [6, 6.07) is 0. The third-order valence-corrected chi connectivity index (χ3v) is 12.2. The van der Waals surface area contributed by atoms with Crippen molar-refractivity contribution < 1.29 is 28.6 Å². The van der Waals surface area contributed by atoms with E-state index < -0.39 is 6.10 Å². The molecule has 63 heavy (non-hydrogen) atoms. The predicted octanol–water partition coefficient (Wildman–Crippen LogP) is 18.1. The molecule has 6 nitrogen and oxygen atoms in total. The van der Waals surface area contributed by atoms with E-state index in [-0.39, 0.29) is 31.1 Å². The van der Waals surface area contributed by atoms with E-state index in [1.54, 1.807) is 0 Å². The highest BCUT2D eigenvalue weighted by atomic mass is 16.6. The van der Waals surface area contributed by atoms with Crippen LogP contribution in [0.25, 0.3) is 0 Å². The largest absolute Gasteiger partial charge is 0.462 e. The van der Waals surface area contributed by atoms with Crippen LogP contribution in [0, 0.1) is 0 Å². The van der Waals surface area contributed by atoms with E-state index in [9.17, 15) is 14.4 Å².